The second kappa shape index (κ2) is 7.11. The number of hydrogen-bond donors (Lipinski definition) is 1. The van der Waals surface area contributed by atoms with E-state index in [0.717, 1.165) is 36.5 Å². The minimum Gasteiger partial charge on any atom is -0.262 e. The van der Waals surface area contributed by atoms with Gasteiger partial charge in [-0.25, -0.2) is 15.0 Å². The first-order valence-corrected chi connectivity index (χ1v) is 8.91. The summed E-state index contributed by atoms with van der Waals surface area (Å²) in [6, 6.07) is 6.51. The van der Waals surface area contributed by atoms with Crippen LogP contribution in [0.2, 0.25) is 0 Å². The molecule has 0 saturated carbocycles. The van der Waals surface area contributed by atoms with Crippen molar-refractivity contribution < 1.29 is 30.4 Å². The van der Waals surface area contributed by atoms with Gasteiger partial charge in [0.1, 0.15) is 5.82 Å². The number of halogens is 5. The molecule has 0 fully saturated rings. The monoisotopic (exact) mass is 416 g/mol. The molecule has 0 unspecified atom stereocenters. The maximum atomic E-state index is 13.9. The van der Waals surface area contributed by atoms with E-state index in [1.165, 1.54) is 6.07 Å². The van der Waals surface area contributed by atoms with Gasteiger partial charge in [-0.1, -0.05) is 6.07 Å². The molecule has 1 N–H and O–H groups in total. The number of anilines is 1. The van der Waals surface area contributed by atoms with Crippen molar-refractivity contribution in [3.63, 3.8) is 0 Å². The van der Waals surface area contributed by atoms with Gasteiger partial charge >= 0.3 is 6.18 Å². The number of alkyl halides is 3. The van der Waals surface area contributed by atoms with Crippen molar-refractivity contribution >= 4 is 15.8 Å². The Morgan fingerprint density at radius 3 is 2.32 bits per heavy atom. The number of hydrogen-bond acceptors (Lipinski definition) is 5. The fourth-order valence-electron chi connectivity index (χ4n) is 2.24. The van der Waals surface area contributed by atoms with Crippen LogP contribution in [-0.4, -0.2) is 23.4 Å². The Hall–Kier alpha value is -3.15. The molecule has 146 valence electrons. The molecule has 0 aromatic carbocycles. The van der Waals surface area contributed by atoms with Gasteiger partial charge in [-0.3, -0.25) is 4.72 Å². The molecule has 0 aliphatic rings. The predicted molar refractivity (Wildman–Crippen MR) is 87.4 cm³/mol. The second-order valence-electron chi connectivity index (χ2n) is 5.34. The van der Waals surface area contributed by atoms with Gasteiger partial charge in [0, 0.05) is 6.20 Å². The zero-order chi connectivity index (χ0) is 20.5. The molecule has 0 amide bonds. The average Bonchev–Trinajstić information content (AvgIpc) is 2.61. The largest absolute Gasteiger partial charge is 0.418 e. The van der Waals surface area contributed by atoms with Crippen LogP contribution >= 0.6 is 0 Å². The van der Waals surface area contributed by atoms with Crippen LogP contribution in [0.15, 0.2) is 53.7 Å². The van der Waals surface area contributed by atoms with Crippen LogP contribution in [0.5, 0.6) is 0 Å². The maximum absolute atomic E-state index is 13.9. The lowest BCUT2D eigenvalue weighted by Crippen LogP contribution is -2.17. The summed E-state index contributed by atoms with van der Waals surface area (Å²) in [4.78, 5) is 10.1. The highest BCUT2D eigenvalue weighted by molar-refractivity contribution is 7.92. The zero-order valence-electron chi connectivity index (χ0n) is 13.6. The molecule has 28 heavy (non-hydrogen) atoms. The van der Waals surface area contributed by atoms with Gasteiger partial charge in [0.15, 0.2) is 5.03 Å². The molecule has 0 saturated heterocycles. The first-order valence-electron chi connectivity index (χ1n) is 7.42. The molecule has 0 aliphatic carbocycles. The molecule has 12 heteroatoms. The number of aromatic nitrogens is 3. The van der Waals surface area contributed by atoms with Gasteiger partial charge in [-0.15, -0.1) is 0 Å². The molecule has 0 aliphatic heterocycles. The molecule has 3 rings (SSSR count). The molecular formula is C16H9F5N4O2S. The summed E-state index contributed by atoms with van der Waals surface area (Å²) >= 11 is 0. The third-order valence-electron chi connectivity index (χ3n) is 3.42. The van der Waals surface area contributed by atoms with E-state index >= 15 is 0 Å². The van der Waals surface area contributed by atoms with Crippen molar-refractivity contribution in [2.24, 2.45) is 0 Å². The Kier molecular flexibility index (Phi) is 4.98. The first-order chi connectivity index (χ1) is 13.1. The normalized spacial score (nSPS) is 12.0. The van der Waals surface area contributed by atoms with Crippen molar-refractivity contribution in [3.05, 3.63) is 66.1 Å². The zero-order valence-corrected chi connectivity index (χ0v) is 14.4. The number of nitrogens with one attached hydrogen (secondary N) is 1. The van der Waals surface area contributed by atoms with Crippen molar-refractivity contribution in [2.75, 3.05) is 4.72 Å². The number of pyridine rings is 3. The van der Waals surface area contributed by atoms with Gasteiger partial charge in [-0.05, 0) is 36.4 Å². The van der Waals surface area contributed by atoms with E-state index in [9.17, 15) is 30.4 Å². The fraction of sp³-hybridized carbons (Fsp3) is 0.0625. The molecule has 0 spiro atoms. The van der Waals surface area contributed by atoms with E-state index in [2.05, 4.69) is 15.0 Å². The van der Waals surface area contributed by atoms with Crippen LogP contribution in [0, 0.1) is 11.9 Å². The summed E-state index contributed by atoms with van der Waals surface area (Å²) in [6.45, 7) is 0. The fourth-order valence-corrected chi connectivity index (χ4v) is 3.20. The highest BCUT2D eigenvalue weighted by Crippen LogP contribution is 2.37. The molecule has 3 aromatic rings. The van der Waals surface area contributed by atoms with E-state index in [0.29, 0.717) is 6.07 Å². The molecule has 0 radical (unpaired) electrons. The van der Waals surface area contributed by atoms with Crippen molar-refractivity contribution in [3.8, 4) is 11.3 Å². The molecule has 0 atom stereocenters. The van der Waals surface area contributed by atoms with E-state index in [1.807, 2.05) is 4.72 Å². The van der Waals surface area contributed by atoms with E-state index < -0.39 is 55.8 Å². The Morgan fingerprint density at radius 2 is 1.68 bits per heavy atom. The Balaban J connectivity index is 2.09. The van der Waals surface area contributed by atoms with E-state index in [-0.39, 0.29) is 0 Å². The van der Waals surface area contributed by atoms with Crippen LogP contribution in [0.4, 0.5) is 27.8 Å². The summed E-state index contributed by atoms with van der Waals surface area (Å²) in [7, 11) is -4.45. The lowest BCUT2D eigenvalue weighted by atomic mass is 10.1. The predicted octanol–water partition coefficient (Wildman–Crippen LogP) is 3.64. The van der Waals surface area contributed by atoms with E-state index in [4.69, 9.17) is 0 Å². The lowest BCUT2D eigenvalue weighted by molar-refractivity contribution is -0.137. The van der Waals surface area contributed by atoms with Gasteiger partial charge in [0.25, 0.3) is 10.0 Å². The highest BCUT2D eigenvalue weighted by Gasteiger charge is 2.35. The smallest absolute Gasteiger partial charge is 0.262 e. The van der Waals surface area contributed by atoms with Crippen LogP contribution in [0.1, 0.15) is 5.56 Å². The summed E-state index contributed by atoms with van der Waals surface area (Å²) in [5, 5.41) is -0.705. The Morgan fingerprint density at radius 1 is 0.929 bits per heavy atom. The molecule has 3 heterocycles. The average molecular weight is 416 g/mol. The van der Waals surface area contributed by atoms with Crippen molar-refractivity contribution in [1.29, 1.82) is 0 Å². The second-order valence-corrected chi connectivity index (χ2v) is 6.97. The SMILES string of the molecule is O=S(=O)(Nc1ccc(C(F)(F)F)c(-c2cccnc2F)n1)c1cccc(F)n1. The van der Waals surface area contributed by atoms with Crippen LogP contribution in [0.25, 0.3) is 11.3 Å². The number of nitrogens with zero attached hydrogens (tertiary/aromatic N) is 3. The molecular weight excluding hydrogens is 407 g/mol. The minimum atomic E-state index is -4.88. The molecule has 6 nitrogen and oxygen atoms in total. The summed E-state index contributed by atoms with van der Waals surface area (Å²) in [6.07, 6.45) is -3.85. The van der Waals surface area contributed by atoms with Crippen molar-refractivity contribution in [2.45, 2.75) is 11.2 Å². The van der Waals surface area contributed by atoms with Crippen LogP contribution in [-0.2, 0) is 16.2 Å². The van der Waals surface area contributed by atoms with Gasteiger partial charge in [0.05, 0.1) is 16.8 Å². The Bertz CT molecular complexity index is 1140. The summed E-state index contributed by atoms with van der Waals surface area (Å²) < 4.78 is 93.3. The first kappa shape index (κ1) is 19.6. The maximum Gasteiger partial charge on any atom is 0.418 e. The van der Waals surface area contributed by atoms with Crippen molar-refractivity contribution in [1.82, 2.24) is 15.0 Å². The van der Waals surface area contributed by atoms with E-state index in [1.54, 1.807) is 0 Å². The number of sulfonamides is 1. The third kappa shape index (κ3) is 4.06. The standard InChI is InChI=1S/C16H9F5N4O2S/c17-11-4-1-5-13(23-11)28(26,27)25-12-7-6-10(16(19,20)21)14(24-12)9-3-2-8-22-15(9)18/h1-8H,(H,24,25). The summed E-state index contributed by atoms with van der Waals surface area (Å²) in [5.74, 6) is -2.83. The van der Waals surface area contributed by atoms with Crippen LogP contribution in [0.3, 0.4) is 0 Å². The quantitative estimate of drug-likeness (QED) is 0.519. The Labute approximate surface area is 155 Å². The highest BCUT2D eigenvalue weighted by atomic mass is 32.2. The lowest BCUT2D eigenvalue weighted by Gasteiger charge is -2.14. The van der Waals surface area contributed by atoms with Gasteiger partial charge in [0.2, 0.25) is 11.9 Å². The minimum absolute atomic E-state index is 0.544. The topological polar surface area (TPSA) is 84.8 Å². The number of rotatable bonds is 4. The summed E-state index contributed by atoms with van der Waals surface area (Å²) in [5.41, 5.74) is -2.71. The molecule has 0 bridgehead atoms. The van der Waals surface area contributed by atoms with Crippen LogP contribution < -0.4 is 4.72 Å². The third-order valence-corrected chi connectivity index (χ3v) is 4.67. The molecule has 3 aromatic heterocycles. The van der Waals surface area contributed by atoms with Gasteiger partial charge < -0.3 is 0 Å². The van der Waals surface area contributed by atoms with Gasteiger partial charge in [-0.2, -0.15) is 30.4 Å².